The SMILES string of the molecule is O=C(C1CC1c1cccc(F)c1)N1CCN(C2CC2)C(=O)C1. The van der Waals surface area contributed by atoms with Gasteiger partial charge in [-0.1, -0.05) is 12.1 Å². The van der Waals surface area contributed by atoms with Crippen molar-refractivity contribution >= 4 is 11.8 Å². The molecule has 1 heterocycles. The van der Waals surface area contributed by atoms with Gasteiger partial charge in [0.05, 0.1) is 6.54 Å². The molecule has 1 saturated heterocycles. The van der Waals surface area contributed by atoms with Gasteiger partial charge in [-0.15, -0.1) is 0 Å². The molecule has 1 aromatic carbocycles. The number of carbonyl (C=O) groups is 2. The van der Waals surface area contributed by atoms with E-state index in [2.05, 4.69) is 0 Å². The molecule has 2 aliphatic carbocycles. The first-order chi connectivity index (χ1) is 10.6. The van der Waals surface area contributed by atoms with E-state index >= 15 is 0 Å². The molecule has 22 heavy (non-hydrogen) atoms. The average Bonchev–Trinajstić information content (AvgIpc) is 3.38. The summed E-state index contributed by atoms with van der Waals surface area (Å²) in [7, 11) is 0. The van der Waals surface area contributed by atoms with Crippen molar-refractivity contribution in [2.75, 3.05) is 19.6 Å². The van der Waals surface area contributed by atoms with Crippen LogP contribution in [0.5, 0.6) is 0 Å². The maximum Gasteiger partial charge on any atom is 0.242 e. The normalized spacial score (nSPS) is 28.0. The maximum atomic E-state index is 13.3. The van der Waals surface area contributed by atoms with Crippen LogP contribution in [0.15, 0.2) is 24.3 Å². The van der Waals surface area contributed by atoms with Crippen LogP contribution < -0.4 is 0 Å². The highest BCUT2D eigenvalue weighted by Gasteiger charge is 2.47. The molecule has 3 aliphatic rings. The van der Waals surface area contributed by atoms with Crippen LogP contribution in [0.3, 0.4) is 0 Å². The minimum absolute atomic E-state index is 0.0538. The van der Waals surface area contributed by atoms with E-state index in [9.17, 15) is 14.0 Å². The summed E-state index contributed by atoms with van der Waals surface area (Å²) in [6, 6.07) is 6.90. The van der Waals surface area contributed by atoms with Gasteiger partial charge in [0.25, 0.3) is 0 Å². The lowest BCUT2D eigenvalue weighted by Crippen LogP contribution is -2.53. The summed E-state index contributed by atoms with van der Waals surface area (Å²) in [4.78, 5) is 28.2. The molecule has 116 valence electrons. The van der Waals surface area contributed by atoms with Crippen molar-refractivity contribution < 1.29 is 14.0 Å². The van der Waals surface area contributed by atoms with E-state index < -0.39 is 0 Å². The van der Waals surface area contributed by atoms with Gasteiger partial charge in [0.2, 0.25) is 11.8 Å². The molecular weight excluding hydrogens is 283 g/mol. The molecule has 0 spiro atoms. The molecule has 0 N–H and O–H groups in total. The molecule has 2 atom stereocenters. The Hall–Kier alpha value is -1.91. The average molecular weight is 302 g/mol. The zero-order valence-electron chi connectivity index (χ0n) is 12.4. The Balaban J connectivity index is 1.38. The summed E-state index contributed by atoms with van der Waals surface area (Å²) in [6.07, 6.45) is 2.97. The second kappa shape index (κ2) is 5.07. The lowest BCUT2D eigenvalue weighted by atomic mass is 10.1. The van der Waals surface area contributed by atoms with Gasteiger partial charge in [0.1, 0.15) is 5.82 Å². The van der Waals surface area contributed by atoms with Gasteiger partial charge in [-0.3, -0.25) is 9.59 Å². The fourth-order valence-corrected chi connectivity index (χ4v) is 3.45. The van der Waals surface area contributed by atoms with Crippen LogP contribution in [0, 0.1) is 11.7 Å². The summed E-state index contributed by atoms with van der Waals surface area (Å²) >= 11 is 0. The van der Waals surface area contributed by atoms with Crippen LogP contribution in [0.1, 0.15) is 30.7 Å². The first kappa shape index (κ1) is 13.7. The van der Waals surface area contributed by atoms with Crippen molar-refractivity contribution in [2.24, 2.45) is 5.92 Å². The molecule has 4 rings (SSSR count). The van der Waals surface area contributed by atoms with Crippen molar-refractivity contribution in [2.45, 2.75) is 31.2 Å². The van der Waals surface area contributed by atoms with E-state index in [0.717, 1.165) is 24.8 Å². The Kier molecular flexibility index (Phi) is 3.17. The zero-order valence-corrected chi connectivity index (χ0v) is 12.4. The molecule has 2 saturated carbocycles. The predicted octanol–water partition coefficient (Wildman–Crippen LogP) is 1.76. The lowest BCUT2D eigenvalue weighted by molar-refractivity contribution is -0.146. The van der Waals surface area contributed by atoms with Gasteiger partial charge in [-0.05, 0) is 42.9 Å². The Labute approximate surface area is 128 Å². The van der Waals surface area contributed by atoms with Gasteiger partial charge in [0, 0.05) is 25.0 Å². The second-order valence-electron chi connectivity index (χ2n) is 6.58. The van der Waals surface area contributed by atoms with Crippen molar-refractivity contribution in [3.05, 3.63) is 35.6 Å². The molecule has 1 aliphatic heterocycles. The molecule has 0 radical (unpaired) electrons. The first-order valence-corrected chi connectivity index (χ1v) is 7.97. The number of nitrogens with zero attached hydrogens (tertiary/aromatic N) is 2. The minimum Gasteiger partial charge on any atom is -0.336 e. The number of halogens is 1. The summed E-state index contributed by atoms with van der Waals surface area (Å²) in [5, 5.41) is 0. The van der Waals surface area contributed by atoms with Crippen LogP contribution in [0.4, 0.5) is 4.39 Å². The standard InChI is InChI=1S/C17H19FN2O2/c18-12-3-1-2-11(8-12)14-9-15(14)17(22)19-6-7-20(13-4-5-13)16(21)10-19/h1-3,8,13-15H,4-7,9-10H2. The van der Waals surface area contributed by atoms with E-state index in [1.807, 2.05) is 11.0 Å². The molecule has 5 heteroatoms. The third-order valence-corrected chi connectivity index (χ3v) is 4.94. The Morgan fingerprint density at radius 2 is 2.05 bits per heavy atom. The number of amides is 2. The topological polar surface area (TPSA) is 40.6 Å². The summed E-state index contributed by atoms with van der Waals surface area (Å²) in [5.41, 5.74) is 0.890. The number of rotatable bonds is 3. The van der Waals surface area contributed by atoms with Gasteiger partial charge in [-0.25, -0.2) is 4.39 Å². The summed E-state index contributed by atoms with van der Waals surface area (Å²) in [6.45, 7) is 1.50. The smallest absolute Gasteiger partial charge is 0.242 e. The fraction of sp³-hybridized carbons (Fsp3) is 0.529. The Morgan fingerprint density at radius 1 is 1.23 bits per heavy atom. The largest absolute Gasteiger partial charge is 0.336 e. The Morgan fingerprint density at radius 3 is 2.73 bits per heavy atom. The van der Waals surface area contributed by atoms with E-state index in [1.165, 1.54) is 12.1 Å². The maximum absolute atomic E-state index is 13.3. The van der Waals surface area contributed by atoms with Crippen LogP contribution in [0.25, 0.3) is 0 Å². The molecular formula is C17H19FN2O2. The van der Waals surface area contributed by atoms with E-state index in [0.29, 0.717) is 19.1 Å². The van der Waals surface area contributed by atoms with Crippen LogP contribution in [0.2, 0.25) is 0 Å². The lowest BCUT2D eigenvalue weighted by Gasteiger charge is -2.34. The fourth-order valence-electron chi connectivity index (χ4n) is 3.45. The molecule has 2 unspecified atom stereocenters. The highest BCUT2D eigenvalue weighted by molar-refractivity contribution is 5.89. The van der Waals surface area contributed by atoms with Crippen molar-refractivity contribution in [3.8, 4) is 0 Å². The molecule has 1 aromatic rings. The highest BCUT2D eigenvalue weighted by Crippen LogP contribution is 2.48. The Bertz CT molecular complexity index is 629. The monoisotopic (exact) mass is 302 g/mol. The van der Waals surface area contributed by atoms with Crippen molar-refractivity contribution in [1.82, 2.24) is 9.80 Å². The minimum atomic E-state index is -0.260. The number of piperazine rings is 1. The quantitative estimate of drug-likeness (QED) is 0.854. The summed E-state index contributed by atoms with van der Waals surface area (Å²) in [5.74, 6) is -0.103. The number of hydrogen-bond acceptors (Lipinski definition) is 2. The molecule has 0 bridgehead atoms. The van der Waals surface area contributed by atoms with E-state index in [4.69, 9.17) is 0 Å². The van der Waals surface area contributed by atoms with Gasteiger partial charge < -0.3 is 9.80 Å². The van der Waals surface area contributed by atoms with E-state index in [1.54, 1.807) is 11.0 Å². The molecule has 0 aromatic heterocycles. The van der Waals surface area contributed by atoms with Crippen LogP contribution >= 0.6 is 0 Å². The number of hydrogen-bond donors (Lipinski definition) is 0. The zero-order chi connectivity index (χ0) is 15.3. The van der Waals surface area contributed by atoms with Crippen LogP contribution in [-0.2, 0) is 9.59 Å². The highest BCUT2D eigenvalue weighted by atomic mass is 19.1. The van der Waals surface area contributed by atoms with Gasteiger partial charge >= 0.3 is 0 Å². The van der Waals surface area contributed by atoms with Crippen molar-refractivity contribution in [3.63, 3.8) is 0 Å². The van der Waals surface area contributed by atoms with Crippen LogP contribution in [-0.4, -0.2) is 47.3 Å². The molecule has 4 nitrogen and oxygen atoms in total. The molecule has 3 fully saturated rings. The second-order valence-corrected chi connectivity index (χ2v) is 6.58. The van der Waals surface area contributed by atoms with Gasteiger partial charge in [-0.2, -0.15) is 0 Å². The van der Waals surface area contributed by atoms with E-state index in [-0.39, 0.29) is 36.0 Å². The first-order valence-electron chi connectivity index (χ1n) is 7.97. The van der Waals surface area contributed by atoms with Gasteiger partial charge in [0.15, 0.2) is 0 Å². The summed E-state index contributed by atoms with van der Waals surface area (Å²) < 4.78 is 13.3. The third-order valence-electron chi connectivity index (χ3n) is 4.94. The van der Waals surface area contributed by atoms with Crippen molar-refractivity contribution in [1.29, 1.82) is 0 Å². The predicted molar refractivity (Wildman–Crippen MR) is 78.6 cm³/mol. The number of carbonyl (C=O) groups excluding carboxylic acids is 2. The third kappa shape index (κ3) is 2.49. The molecule has 2 amide bonds. The number of benzene rings is 1.